The Morgan fingerprint density at radius 3 is 2.93 bits per heavy atom. The van der Waals surface area contributed by atoms with Gasteiger partial charge in [-0.05, 0) is 12.1 Å². The van der Waals surface area contributed by atoms with Crippen molar-refractivity contribution in [2.75, 3.05) is 0 Å². The van der Waals surface area contributed by atoms with Crippen molar-refractivity contribution >= 4 is 22.9 Å². The van der Waals surface area contributed by atoms with Gasteiger partial charge in [0.25, 0.3) is 0 Å². The lowest BCUT2D eigenvalue weighted by Gasteiger charge is -1.94. The fourth-order valence-electron chi connectivity index (χ4n) is 1.12. The fourth-order valence-corrected chi connectivity index (χ4v) is 2.12. The summed E-state index contributed by atoms with van der Waals surface area (Å²) in [5, 5.41) is 0.806. The largest absolute Gasteiger partial charge is 0.244 e. The van der Waals surface area contributed by atoms with Crippen LogP contribution >= 0.6 is 22.9 Å². The van der Waals surface area contributed by atoms with Crippen molar-refractivity contribution in [2.45, 2.75) is 5.88 Å². The Morgan fingerprint density at radius 1 is 1.43 bits per heavy atom. The molecule has 1 aromatic heterocycles. The molecule has 14 heavy (non-hydrogen) atoms. The van der Waals surface area contributed by atoms with Gasteiger partial charge < -0.3 is 0 Å². The number of halogens is 2. The summed E-state index contributed by atoms with van der Waals surface area (Å²) < 4.78 is 12.9. The molecule has 0 aliphatic carbocycles. The third kappa shape index (κ3) is 1.94. The van der Waals surface area contributed by atoms with Gasteiger partial charge in [0.05, 0.1) is 5.88 Å². The van der Waals surface area contributed by atoms with Gasteiger partial charge in [-0.15, -0.1) is 22.9 Å². The standard InChI is InChI=1S/C10H7ClFNS/c11-5-9-6-13-10(14-9)7-2-1-3-8(12)4-7/h1-4,6H,5H2. The lowest BCUT2D eigenvalue weighted by molar-refractivity contribution is 0.628. The van der Waals surface area contributed by atoms with E-state index in [1.54, 1.807) is 12.3 Å². The van der Waals surface area contributed by atoms with Crippen LogP contribution in [0, 0.1) is 5.82 Å². The molecule has 0 saturated heterocycles. The fraction of sp³-hybridized carbons (Fsp3) is 0.100. The second kappa shape index (κ2) is 4.07. The van der Waals surface area contributed by atoms with Crippen LogP contribution in [0.2, 0.25) is 0 Å². The van der Waals surface area contributed by atoms with E-state index in [0.717, 1.165) is 15.4 Å². The summed E-state index contributed by atoms with van der Waals surface area (Å²) >= 11 is 7.14. The molecular formula is C10H7ClFNS. The van der Waals surface area contributed by atoms with Crippen LogP contribution in [0.25, 0.3) is 10.6 Å². The topological polar surface area (TPSA) is 12.9 Å². The molecule has 0 unspecified atom stereocenters. The molecule has 2 rings (SSSR count). The molecule has 0 N–H and O–H groups in total. The molecule has 0 aliphatic heterocycles. The number of benzene rings is 1. The molecule has 0 bridgehead atoms. The first-order chi connectivity index (χ1) is 6.79. The molecule has 0 amide bonds. The maximum Gasteiger partial charge on any atom is 0.123 e. The zero-order valence-corrected chi connectivity index (χ0v) is 8.78. The summed E-state index contributed by atoms with van der Waals surface area (Å²) in [5.74, 6) is 0.206. The summed E-state index contributed by atoms with van der Waals surface area (Å²) in [5.41, 5.74) is 0.798. The van der Waals surface area contributed by atoms with Gasteiger partial charge in [-0.2, -0.15) is 0 Å². The minimum atomic E-state index is -0.245. The van der Waals surface area contributed by atoms with Crippen molar-refractivity contribution in [1.82, 2.24) is 4.98 Å². The second-order valence-corrected chi connectivity index (χ2v) is 4.16. The van der Waals surface area contributed by atoms with Gasteiger partial charge in [-0.25, -0.2) is 9.37 Å². The number of rotatable bonds is 2. The van der Waals surface area contributed by atoms with E-state index in [1.165, 1.54) is 23.5 Å². The van der Waals surface area contributed by atoms with Crippen LogP contribution in [-0.2, 0) is 5.88 Å². The average molecular weight is 228 g/mol. The molecule has 72 valence electrons. The molecule has 0 saturated carbocycles. The molecule has 4 heteroatoms. The molecule has 0 fully saturated rings. The van der Waals surface area contributed by atoms with E-state index in [9.17, 15) is 4.39 Å². The highest BCUT2D eigenvalue weighted by molar-refractivity contribution is 7.15. The van der Waals surface area contributed by atoms with Crippen LogP contribution < -0.4 is 0 Å². The quantitative estimate of drug-likeness (QED) is 0.713. The molecule has 1 nitrogen and oxygen atoms in total. The molecule has 0 atom stereocenters. The minimum Gasteiger partial charge on any atom is -0.244 e. The predicted molar refractivity (Wildman–Crippen MR) is 57.1 cm³/mol. The Bertz CT molecular complexity index is 441. The Hall–Kier alpha value is -0.930. The summed E-state index contributed by atoms with van der Waals surface area (Å²) in [4.78, 5) is 5.16. The highest BCUT2D eigenvalue weighted by Crippen LogP contribution is 2.26. The summed E-state index contributed by atoms with van der Waals surface area (Å²) in [6, 6.07) is 6.39. The molecule has 0 aliphatic rings. The Labute approximate surface area is 90.2 Å². The average Bonchev–Trinajstić information content (AvgIpc) is 2.66. The molecule has 2 aromatic rings. The molecule has 0 radical (unpaired) electrons. The van der Waals surface area contributed by atoms with Gasteiger partial charge in [0.15, 0.2) is 0 Å². The van der Waals surface area contributed by atoms with E-state index in [-0.39, 0.29) is 5.82 Å². The minimum absolute atomic E-state index is 0.245. The lowest BCUT2D eigenvalue weighted by Crippen LogP contribution is -1.77. The van der Waals surface area contributed by atoms with Crippen LogP contribution in [0.4, 0.5) is 4.39 Å². The van der Waals surface area contributed by atoms with Crippen molar-refractivity contribution in [3.8, 4) is 10.6 Å². The van der Waals surface area contributed by atoms with E-state index in [1.807, 2.05) is 6.07 Å². The van der Waals surface area contributed by atoms with Crippen LogP contribution in [0.3, 0.4) is 0 Å². The van der Waals surface area contributed by atoms with E-state index in [2.05, 4.69) is 4.98 Å². The normalized spacial score (nSPS) is 10.4. The van der Waals surface area contributed by atoms with Gasteiger partial charge in [0, 0.05) is 16.6 Å². The number of hydrogen-bond acceptors (Lipinski definition) is 2. The van der Waals surface area contributed by atoms with E-state index >= 15 is 0 Å². The highest BCUT2D eigenvalue weighted by atomic mass is 35.5. The van der Waals surface area contributed by atoms with E-state index in [4.69, 9.17) is 11.6 Å². The molecule has 1 aromatic carbocycles. The third-order valence-electron chi connectivity index (χ3n) is 1.76. The van der Waals surface area contributed by atoms with Gasteiger partial charge in [0.1, 0.15) is 10.8 Å². The highest BCUT2D eigenvalue weighted by Gasteiger charge is 2.04. The SMILES string of the molecule is Fc1cccc(-c2ncc(CCl)s2)c1. The van der Waals surface area contributed by atoms with Crippen LogP contribution in [0.1, 0.15) is 4.88 Å². The van der Waals surface area contributed by atoms with Crippen LogP contribution in [0.15, 0.2) is 30.5 Å². The zero-order chi connectivity index (χ0) is 9.97. The first-order valence-electron chi connectivity index (χ1n) is 4.06. The predicted octanol–water partition coefficient (Wildman–Crippen LogP) is 3.69. The molecular weight excluding hydrogens is 221 g/mol. The van der Waals surface area contributed by atoms with Gasteiger partial charge in [0.2, 0.25) is 0 Å². The first kappa shape index (κ1) is 9.62. The van der Waals surface area contributed by atoms with Gasteiger partial charge >= 0.3 is 0 Å². The third-order valence-corrected chi connectivity index (χ3v) is 3.25. The lowest BCUT2D eigenvalue weighted by atomic mass is 10.2. The number of nitrogens with zero attached hydrogens (tertiary/aromatic N) is 1. The molecule has 0 spiro atoms. The van der Waals surface area contributed by atoms with Crippen molar-refractivity contribution in [2.24, 2.45) is 0 Å². The van der Waals surface area contributed by atoms with Gasteiger partial charge in [-0.1, -0.05) is 12.1 Å². The Morgan fingerprint density at radius 2 is 2.29 bits per heavy atom. The van der Waals surface area contributed by atoms with Crippen molar-refractivity contribution in [3.05, 3.63) is 41.2 Å². The van der Waals surface area contributed by atoms with Crippen LogP contribution in [0.5, 0.6) is 0 Å². The summed E-state index contributed by atoms with van der Waals surface area (Å²) in [7, 11) is 0. The van der Waals surface area contributed by atoms with Crippen LogP contribution in [-0.4, -0.2) is 4.98 Å². The second-order valence-electron chi connectivity index (χ2n) is 2.78. The monoisotopic (exact) mass is 227 g/mol. The molecule has 1 heterocycles. The van der Waals surface area contributed by atoms with Crippen molar-refractivity contribution in [1.29, 1.82) is 0 Å². The number of aromatic nitrogens is 1. The maximum absolute atomic E-state index is 12.9. The smallest absolute Gasteiger partial charge is 0.123 e. The Kier molecular flexibility index (Phi) is 2.79. The van der Waals surface area contributed by atoms with E-state index in [0.29, 0.717) is 5.88 Å². The maximum atomic E-state index is 12.9. The number of hydrogen-bond donors (Lipinski definition) is 0. The van der Waals surface area contributed by atoms with Crippen molar-refractivity contribution in [3.63, 3.8) is 0 Å². The van der Waals surface area contributed by atoms with E-state index < -0.39 is 0 Å². The zero-order valence-electron chi connectivity index (χ0n) is 7.21. The number of thiazole rings is 1. The Balaban J connectivity index is 2.39. The van der Waals surface area contributed by atoms with Crippen molar-refractivity contribution < 1.29 is 4.39 Å². The summed E-state index contributed by atoms with van der Waals surface area (Å²) in [6.07, 6.45) is 1.72. The van der Waals surface area contributed by atoms with Gasteiger partial charge in [-0.3, -0.25) is 0 Å². The first-order valence-corrected chi connectivity index (χ1v) is 5.41. The summed E-state index contributed by atoms with van der Waals surface area (Å²) in [6.45, 7) is 0. The number of alkyl halides is 1.